The van der Waals surface area contributed by atoms with Crippen molar-refractivity contribution in [2.75, 3.05) is 33.5 Å². The van der Waals surface area contributed by atoms with E-state index >= 15 is 0 Å². The summed E-state index contributed by atoms with van der Waals surface area (Å²) < 4.78 is 31.6. The van der Waals surface area contributed by atoms with Gasteiger partial charge < -0.3 is 30.3 Å². The van der Waals surface area contributed by atoms with Crippen molar-refractivity contribution in [3.05, 3.63) is 0 Å². The zero-order chi connectivity index (χ0) is 25.8. The monoisotopic (exact) mass is 513 g/mol. The van der Waals surface area contributed by atoms with E-state index < -0.39 is 39.2 Å². The molecule has 0 rings (SSSR count). The third kappa shape index (κ3) is 20.8. The maximum absolute atomic E-state index is 11.7. The zero-order valence-corrected chi connectivity index (χ0v) is 22.1. The molecule has 0 heterocycles. The first-order chi connectivity index (χ1) is 16.1. The first kappa shape index (κ1) is 33.4. The number of aliphatic hydroxyl groups excluding tert-OH is 1. The largest absolute Gasteiger partial charge is 0.480 e. The second-order valence-electron chi connectivity index (χ2n) is 9.21. The Morgan fingerprint density at radius 1 is 0.853 bits per heavy atom. The van der Waals surface area contributed by atoms with Gasteiger partial charge in [0, 0.05) is 7.11 Å². The molecule has 0 aromatic heterocycles. The molecule has 5 N–H and O–H groups in total. The minimum absolute atomic E-state index is 0.0844. The Morgan fingerprint density at radius 3 is 1.85 bits per heavy atom. The van der Waals surface area contributed by atoms with Crippen LogP contribution in [0.1, 0.15) is 84.5 Å². The highest BCUT2D eigenvalue weighted by Gasteiger charge is 2.25. The number of unbranched alkanes of at least 4 members (excludes halogenated alkanes) is 8. The van der Waals surface area contributed by atoms with Gasteiger partial charge >= 0.3 is 13.8 Å². The lowest BCUT2D eigenvalue weighted by Gasteiger charge is -2.18. The molecule has 204 valence electrons. The van der Waals surface area contributed by atoms with Crippen molar-refractivity contribution < 1.29 is 43.0 Å². The number of nitrogens with two attached hydrogens (primary N) is 1. The predicted molar refractivity (Wildman–Crippen MR) is 131 cm³/mol. The smallest absolute Gasteiger partial charge is 0.472 e. The van der Waals surface area contributed by atoms with Crippen molar-refractivity contribution >= 4 is 13.8 Å². The van der Waals surface area contributed by atoms with E-state index in [9.17, 15) is 19.4 Å². The van der Waals surface area contributed by atoms with Gasteiger partial charge in [-0.15, -0.1) is 0 Å². The average molecular weight is 514 g/mol. The molecule has 0 bridgehead atoms. The lowest BCUT2D eigenvalue weighted by molar-refractivity contribution is -0.139. The number of aliphatic hydroxyl groups is 1. The zero-order valence-electron chi connectivity index (χ0n) is 21.2. The van der Waals surface area contributed by atoms with Gasteiger partial charge in [0.1, 0.15) is 12.1 Å². The second kappa shape index (κ2) is 20.6. The first-order valence-corrected chi connectivity index (χ1v) is 14.0. The van der Waals surface area contributed by atoms with Gasteiger partial charge in [0.05, 0.1) is 32.5 Å². The number of phosphoric acid groups is 1. The van der Waals surface area contributed by atoms with Crippen molar-refractivity contribution in [1.82, 2.24) is 0 Å². The maximum atomic E-state index is 11.7. The first-order valence-electron chi connectivity index (χ1n) is 12.5. The molecule has 0 aromatic carbocycles. The van der Waals surface area contributed by atoms with Crippen molar-refractivity contribution in [1.29, 1.82) is 0 Å². The van der Waals surface area contributed by atoms with Gasteiger partial charge in [-0.2, -0.15) is 0 Å². The minimum atomic E-state index is -4.52. The van der Waals surface area contributed by atoms with Gasteiger partial charge in [0.15, 0.2) is 0 Å². The van der Waals surface area contributed by atoms with Crippen molar-refractivity contribution in [3.63, 3.8) is 0 Å². The molecule has 11 heteroatoms. The highest BCUT2D eigenvalue weighted by Crippen LogP contribution is 2.43. The fourth-order valence-corrected chi connectivity index (χ4v) is 4.06. The number of carboxylic acid groups (broad SMARTS) is 1. The van der Waals surface area contributed by atoms with Crippen LogP contribution < -0.4 is 5.73 Å². The standard InChI is InChI=1S/C23H48NO9P/c1-19(2)13-11-9-7-5-4-6-8-10-12-14-21(30-3)17-31-15-20(25)16-32-34(28,29)33-18-22(24)23(26)27/h19-22,25H,4-18,24H2,1-3H3,(H,26,27)(H,28,29)/t20-,21?,22+/m1/s1. The number of phosphoric ester groups is 1. The topological polar surface area (TPSA) is 158 Å². The Labute approximate surface area is 205 Å². The van der Waals surface area contributed by atoms with Crippen LogP contribution in [0.3, 0.4) is 0 Å². The Kier molecular flexibility index (Phi) is 20.2. The van der Waals surface area contributed by atoms with E-state index in [1.165, 1.54) is 51.4 Å². The highest BCUT2D eigenvalue weighted by molar-refractivity contribution is 7.47. The number of hydrogen-bond acceptors (Lipinski definition) is 8. The van der Waals surface area contributed by atoms with Gasteiger partial charge in [-0.05, 0) is 12.3 Å². The van der Waals surface area contributed by atoms with Crippen molar-refractivity contribution in [3.8, 4) is 0 Å². The Hall–Kier alpha value is -0.580. The normalized spacial score (nSPS) is 16.3. The number of ether oxygens (including phenoxy) is 2. The van der Waals surface area contributed by atoms with Crippen LogP contribution in [-0.2, 0) is 27.9 Å². The predicted octanol–water partition coefficient (Wildman–Crippen LogP) is 3.87. The number of carbonyl (C=O) groups is 1. The minimum Gasteiger partial charge on any atom is -0.480 e. The quantitative estimate of drug-likeness (QED) is 0.110. The molecule has 0 spiro atoms. The van der Waals surface area contributed by atoms with E-state index in [-0.39, 0.29) is 12.7 Å². The third-order valence-electron chi connectivity index (χ3n) is 5.42. The Morgan fingerprint density at radius 2 is 1.35 bits per heavy atom. The van der Waals surface area contributed by atoms with Gasteiger partial charge in [0.25, 0.3) is 0 Å². The van der Waals surface area contributed by atoms with Crippen LogP contribution in [0.5, 0.6) is 0 Å². The number of methoxy groups -OCH3 is 1. The summed E-state index contributed by atoms with van der Waals surface area (Å²) in [7, 11) is -2.90. The van der Waals surface area contributed by atoms with Crippen LogP contribution in [0.25, 0.3) is 0 Å². The molecule has 10 nitrogen and oxygen atoms in total. The maximum Gasteiger partial charge on any atom is 0.472 e. The van der Waals surface area contributed by atoms with E-state index in [0.717, 1.165) is 25.2 Å². The molecular weight excluding hydrogens is 465 g/mol. The van der Waals surface area contributed by atoms with E-state index in [1.54, 1.807) is 7.11 Å². The molecule has 0 aliphatic heterocycles. The van der Waals surface area contributed by atoms with Gasteiger partial charge in [-0.3, -0.25) is 13.8 Å². The highest BCUT2D eigenvalue weighted by atomic mass is 31.2. The van der Waals surface area contributed by atoms with E-state index in [4.69, 9.17) is 20.3 Å². The summed E-state index contributed by atoms with van der Waals surface area (Å²) in [4.78, 5) is 20.1. The van der Waals surface area contributed by atoms with Crippen LogP contribution >= 0.6 is 7.82 Å². The summed E-state index contributed by atoms with van der Waals surface area (Å²) in [5.74, 6) is -0.561. The molecular formula is C23H48NO9P. The van der Waals surface area contributed by atoms with Crippen molar-refractivity contribution in [2.45, 2.75) is 103 Å². The molecule has 0 fully saturated rings. The average Bonchev–Trinajstić information content (AvgIpc) is 2.78. The Balaban J connectivity index is 3.74. The van der Waals surface area contributed by atoms with Crippen LogP contribution in [0.15, 0.2) is 0 Å². The lowest BCUT2D eigenvalue weighted by Crippen LogP contribution is -2.34. The SMILES string of the molecule is COC(CCCCCCCCCCCC(C)C)COC[C@@H](O)COP(=O)(O)OC[C@H](N)C(=O)O. The molecule has 0 aliphatic carbocycles. The lowest BCUT2D eigenvalue weighted by atomic mass is 10.0. The molecule has 0 aliphatic rings. The summed E-state index contributed by atoms with van der Waals surface area (Å²) in [6, 6.07) is -1.45. The van der Waals surface area contributed by atoms with E-state index in [2.05, 4.69) is 22.9 Å². The van der Waals surface area contributed by atoms with Gasteiger partial charge in [-0.1, -0.05) is 78.1 Å². The summed E-state index contributed by atoms with van der Waals surface area (Å²) in [5.41, 5.74) is 5.19. The molecule has 0 saturated heterocycles. The number of rotatable bonds is 24. The van der Waals surface area contributed by atoms with Crippen LogP contribution in [-0.4, -0.2) is 72.9 Å². The van der Waals surface area contributed by atoms with Crippen molar-refractivity contribution in [2.24, 2.45) is 11.7 Å². The van der Waals surface area contributed by atoms with Crippen LogP contribution in [0, 0.1) is 5.92 Å². The Bertz CT molecular complexity index is 551. The number of aliphatic carboxylic acids is 1. The molecule has 34 heavy (non-hydrogen) atoms. The number of hydrogen-bond donors (Lipinski definition) is 4. The summed E-state index contributed by atoms with van der Waals surface area (Å²) >= 11 is 0. The fourth-order valence-electron chi connectivity index (χ4n) is 3.28. The second-order valence-corrected chi connectivity index (χ2v) is 10.7. The summed E-state index contributed by atoms with van der Waals surface area (Å²) in [6.07, 6.45) is 12.3. The number of carboxylic acids is 1. The molecule has 2 unspecified atom stereocenters. The van der Waals surface area contributed by atoms with Gasteiger partial charge in [0.2, 0.25) is 0 Å². The molecule has 0 aromatic rings. The molecule has 0 radical (unpaired) electrons. The van der Waals surface area contributed by atoms with E-state index in [0.29, 0.717) is 6.61 Å². The molecule has 4 atom stereocenters. The molecule has 0 saturated carbocycles. The van der Waals surface area contributed by atoms with Gasteiger partial charge in [-0.25, -0.2) is 4.57 Å². The van der Waals surface area contributed by atoms with Crippen LogP contribution in [0.2, 0.25) is 0 Å². The third-order valence-corrected chi connectivity index (χ3v) is 6.37. The van der Waals surface area contributed by atoms with E-state index in [1.807, 2.05) is 0 Å². The van der Waals surface area contributed by atoms with Crippen LogP contribution in [0.4, 0.5) is 0 Å². The summed E-state index contributed by atoms with van der Waals surface area (Å²) in [5, 5.41) is 18.5. The molecule has 0 amide bonds. The fraction of sp³-hybridized carbons (Fsp3) is 0.957. The summed E-state index contributed by atoms with van der Waals surface area (Å²) in [6.45, 7) is 3.55.